The molecular formula is C31H31N3O8S2. The molecule has 0 radical (unpaired) electrons. The summed E-state index contributed by atoms with van der Waals surface area (Å²) >= 11 is 0.733. The fourth-order valence-corrected chi connectivity index (χ4v) is 6.43. The summed E-state index contributed by atoms with van der Waals surface area (Å²) in [6.07, 6.45) is -0.0117. The van der Waals surface area contributed by atoms with Crippen LogP contribution in [0.15, 0.2) is 83.8 Å². The normalized spacial score (nSPS) is 13.5. The van der Waals surface area contributed by atoms with Crippen LogP contribution in [0.2, 0.25) is 0 Å². The van der Waals surface area contributed by atoms with Gasteiger partial charge in [0.1, 0.15) is 5.75 Å². The molecule has 3 amide bonds. The number of imide groups is 1. The van der Waals surface area contributed by atoms with Gasteiger partial charge >= 0.3 is 0 Å². The zero-order valence-corrected chi connectivity index (χ0v) is 25.7. The lowest BCUT2D eigenvalue weighted by atomic mass is 9.98. The predicted octanol–water partition coefficient (Wildman–Crippen LogP) is 3.46. The van der Waals surface area contributed by atoms with E-state index in [1.54, 1.807) is 54.6 Å². The third-order valence-electron chi connectivity index (χ3n) is 6.93. The highest BCUT2D eigenvalue weighted by Gasteiger charge is 2.36. The average molecular weight is 638 g/mol. The average Bonchev–Trinajstić information content (AvgIpc) is 3.26. The molecular weight excluding hydrogens is 606 g/mol. The van der Waals surface area contributed by atoms with Crippen LogP contribution in [0.5, 0.6) is 5.75 Å². The van der Waals surface area contributed by atoms with Crippen molar-refractivity contribution in [2.24, 2.45) is 5.92 Å². The Morgan fingerprint density at radius 2 is 1.50 bits per heavy atom. The molecule has 0 fully saturated rings. The summed E-state index contributed by atoms with van der Waals surface area (Å²) in [7, 11) is -2.86. The van der Waals surface area contributed by atoms with E-state index >= 15 is 0 Å². The number of methoxy groups -OCH3 is 1. The number of hydrogen-bond acceptors (Lipinski definition) is 9. The van der Waals surface area contributed by atoms with Gasteiger partial charge in [-0.05, 0) is 54.8 Å². The van der Waals surface area contributed by atoms with Crippen molar-refractivity contribution in [1.82, 2.24) is 14.7 Å². The number of carbonyl (C=O) groups excluding carboxylic acids is 5. The van der Waals surface area contributed by atoms with E-state index in [9.17, 15) is 32.4 Å². The smallest absolute Gasteiger partial charge is 0.261 e. The number of benzene rings is 3. The molecule has 0 saturated heterocycles. The van der Waals surface area contributed by atoms with E-state index < -0.39 is 39.4 Å². The van der Waals surface area contributed by atoms with Gasteiger partial charge in [0.15, 0.2) is 10.9 Å². The maximum Gasteiger partial charge on any atom is 0.261 e. The first kappa shape index (κ1) is 32.6. The van der Waals surface area contributed by atoms with Crippen molar-refractivity contribution in [3.8, 4) is 5.75 Å². The second-order valence-corrected chi connectivity index (χ2v) is 12.9. The van der Waals surface area contributed by atoms with Crippen molar-refractivity contribution in [1.29, 1.82) is 0 Å². The molecule has 1 atom stereocenters. The molecule has 4 rings (SSSR count). The Morgan fingerprint density at radius 3 is 2.07 bits per heavy atom. The molecule has 11 nitrogen and oxygen atoms in total. The standard InChI is InChI=1S/C31H31N3O8S2/c1-21(35)43-20-28(36)27(13-8-18-33-30(38)25-11-6-7-12-26(25)31(33)39)29(37)32-34(19-22-9-4-3-5-10-22)44(40,41)24-16-14-23(42-2)15-17-24/h3-7,9-12,14-17,27H,8,13,18-20H2,1-2H3,(H,32,37)/t27-/m0/s1. The number of hydrogen-bond donors (Lipinski definition) is 1. The third-order valence-corrected chi connectivity index (χ3v) is 9.43. The van der Waals surface area contributed by atoms with Crippen LogP contribution in [-0.4, -0.2) is 65.8 Å². The lowest BCUT2D eigenvalue weighted by Crippen LogP contribution is -2.49. The fraction of sp³-hybridized carbons (Fsp3) is 0.258. The molecule has 13 heteroatoms. The van der Waals surface area contributed by atoms with Crippen molar-refractivity contribution < 1.29 is 37.1 Å². The molecule has 230 valence electrons. The van der Waals surface area contributed by atoms with Crippen molar-refractivity contribution >= 4 is 50.4 Å². The summed E-state index contributed by atoms with van der Waals surface area (Å²) in [5.41, 5.74) is 3.56. The van der Waals surface area contributed by atoms with Crippen LogP contribution in [0.1, 0.15) is 46.0 Å². The van der Waals surface area contributed by atoms with E-state index in [1.165, 1.54) is 38.3 Å². The summed E-state index contributed by atoms with van der Waals surface area (Å²) in [5.74, 6) is -3.64. The first-order chi connectivity index (χ1) is 21.0. The summed E-state index contributed by atoms with van der Waals surface area (Å²) in [5, 5.41) is -0.323. The van der Waals surface area contributed by atoms with Crippen LogP contribution >= 0.6 is 11.8 Å². The number of ketones is 1. The summed E-state index contributed by atoms with van der Waals surface area (Å²) in [6, 6.07) is 20.6. The molecule has 44 heavy (non-hydrogen) atoms. The van der Waals surface area contributed by atoms with Gasteiger partial charge in [0.25, 0.3) is 21.8 Å². The Balaban J connectivity index is 1.55. The highest BCUT2D eigenvalue weighted by Crippen LogP contribution is 2.25. The van der Waals surface area contributed by atoms with Crippen molar-refractivity contribution in [2.45, 2.75) is 31.2 Å². The van der Waals surface area contributed by atoms with Crippen LogP contribution in [-0.2, 0) is 31.0 Å². The second kappa shape index (κ2) is 14.4. The largest absolute Gasteiger partial charge is 0.497 e. The van der Waals surface area contributed by atoms with Gasteiger partial charge in [0.2, 0.25) is 5.91 Å². The Morgan fingerprint density at radius 1 is 0.909 bits per heavy atom. The minimum Gasteiger partial charge on any atom is -0.497 e. The van der Waals surface area contributed by atoms with E-state index in [4.69, 9.17) is 4.74 Å². The Labute approximate surface area is 259 Å². The maximum atomic E-state index is 13.7. The van der Waals surface area contributed by atoms with Crippen LogP contribution in [0, 0.1) is 5.92 Å². The monoisotopic (exact) mass is 637 g/mol. The molecule has 0 aliphatic carbocycles. The quantitative estimate of drug-likeness (QED) is 0.159. The molecule has 0 spiro atoms. The lowest BCUT2D eigenvalue weighted by Gasteiger charge is -2.26. The number of sulfonamides is 1. The van der Waals surface area contributed by atoms with Crippen LogP contribution in [0.3, 0.4) is 0 Å². The van der Waals surface area contributed by atoms with E-state index in [0.717, 1.165) is 21.1 Å². The third kappa shape index (κ3) is 7.59. The summed E-state index contributed by atoms with van der Waals surface area (Å²) in [4.78, 5) is 64.9. The van der Waals surface area contributed by atoms with Gasteiger partial charge in [-0.3, -0.25) is 34.3 Å². The summed E-state index contributed by atoms with van der Waals surface area (Å²) in [6.45, 7) is 0.999. The molecule has 3 aromatic rings. The van der Waals surface area contributed by atoms with Gasteiger partial charge < -0.3 is 4.74 Å². The van der Waals surface area contributed by atoms with Crippen LogP contribution in [0.4, 0.5) is 0 Å². The number of rotatable bonds is 14. The highest BCUT2D eigenvalue weighted by molar-refractivity contribution is 8.14. The molecule has 0 unspecified atom stereocenters. The SMILES string of the molecule is COc1ccc(S(=O)(=O)N(Cc2ccccc2)NC(=O)[C@@H](CCCN2C(=O)c3ccccc3C2=O)C(=O)CSC(C)=O)cc1. The summed E-state index contributed by atoms with van der Waals surface area (Å²) < 4.78 is 33.3. The second-order valence-electron chi connectivity index (χ2n) is 9.90. The van der Waals surface area contributed by atoms with Gasteiger partial charge in [0.05, 0.1) is 41.3 Å². The predicted molar refractivity (Wildman–Crippen MR) is 163 cm³/mol. The zero-order valence-electron chi connectivity index (χ0n) is 24.1. The molecule has 1 aliphatic heterocycles. The number of fused-ring (bicyclic) bond motifs is 1. The topological polar surface area (TPSA) is 147 Å². The fourth-order valence-electron chi connectivity index (χ4n) is 4.62. The van der Waals surface area contributed by atoms with Crippen molar-refractivity contribution in [3.05, 3.63) is 95.6 Å². The van der Waals surface area contributed by atoms with E-state index in [2.05, 4.69) is 5.43 Å². The number of ether oxygens (including phenoxy) is 1. The van der Waals surface area contributed by atoms with Gasteiger partial charge in [0, 0.05) is 13.5 Å². The van der Waals surface area contributed by atoms with Gasteiger partial charge in [-0.15, -0.1) is 4.41 Å². The zero-order chi connectivity index (χ0) is 31.9. The number of Topliss-reactive ketones (excluding diaryl/α,β-unsaturated/α-hetero) is 1. The first-order valence-electron chi connectivity index (χ1n) is 13.7. The maximum absolute atomic E-state index is 13.7. The van der Waals surface area contributed by atoms with Crippen molar-refractivity contribution in [2.75, 3.05) is 19.4 Å². The van der Waals surface area contributed by atoms with Gasteiger partial charge in [-0.1, -0.05) is 54.2 Å². The lowest BCUT2D eigenvalue weighted by molar-refractivity contribution is -0.135. The molecule has 1 heterocycles. The molecule has 0 saturated carbocycles. The Kier molecular flexibility index (Phi) is 10.7. The van der Waals surface area contributed by atoms with E-state index in [0.29, 0.717) is 11.3 Å². The molecule has 1 N–H and O–H groups in total. The number of hydrazine groups is 1. The van der Waals surface area contributed by atoms with Gasteiger partial charge in [-0.25, -0.2) is 8.42 Å². The Hall–Kier alpha value is -4.33. The molecule has 0 bridgehead atoms. The molecule has 1 aliphatic rings. The first-order valence-corrected chi connectivity index (χ1v) is 16.1. The number of thioether (sulfide) groups is 1. The number of nitrogens with one attached hydrogen (secondary N) is 1. The number of nitrogens with zero attached hydrogens (tertiary/aromatic N) is 2. The minimum absolute atomic E-state index is 0.0544. The van der Waals surface area contributed by atoms with E-state index in [1.807, 2.05) is 0 Å². The van der Waals surface area contributed by atoms with Crippen LogP contribution < -0.4 is 10.2 Å². The highest BCUT2D eigenvalue weighted by atomic mass is 32.2. The number of amides is 3. The van der Waals surface area contributed by atoms with Crippen LogP contribution in [0.25, 0.3) is 0 Å². The van der Waals surface area contributed by atoms with Gasteiger partial charge in [-0.2, -0.15) is 0 Å². The Bertz CT molecular complexity index is 1630. The number of carbonyl (C=O) groups is 5. The molecule has 3 aromatic carbocycles. The van der Waals surface area contributed by atoms with Crippen molar-refractivity contribution in [3.63, 3.8) is 0 Å². The molecule has 0 aromatic heterocycles. The minimum atomic E-state index is -4.31. The van der Waals surface area contributed by atoms with E-state index in [-0.39, 0.29) is 52.8 Å².